The lowest BCUT2D eigenvalue weighted by atomic mass is 10.1. The van der Waals surface area contributed by atoms with Crippen LogP contribution in [0.2, 0.25) is 0 Å². The van der Waals surface area contributed by atoms with Crippen LogP contribution in [0.4, 0.5) is 0 Å². The van der Waals surface area contributed by atoms with E-state index in [1.165, 1.54) is 12.5 Å². The SMILES string of the molecule is CC(=O)NCCNC(=O)COc1c(C)cc(C)cc1C. The van der Waals surface area contributed by atoms with Crippen molar-refractivity contribution in [3.63, 3.8) is 0 Å². The fraction of sp³-hybridized carbons (Fsp3) is 0.467. The third-order valence-corrected chi connectivity index (χ3v) is 2.77. The van der Waals surface area contributed by atoms with Gasteiger partial charge in [0.1, 0.15) is 5.75 Å². The Hall–Kier alpha value is -2.04. The van der Waals surface area contributed by atoms with Gasteiger partial charge in [0.2, 0.25) is 5.91 Å². The third kappa shape index (κ3) is 5.30. The number of ether oxygens (including phenoxy) is 1. The Balaban J connectivity index is 2.40. The van der Waals surface area contributed by atoms with E-state index in [4.69, 9.17) is 4.74 Å². The van der Waals surface area contributed by atoms with Gasteiger partial charge in [0.25, 0.3) is 5.91 Å². The molecule has 1 aromatic carbocycles. The van der Waals surface area contributed by atoms with E-state index >= 15 is 0 Å². The smallest absolute Gasteiger partial charge is 0.258 e. The second-order valence-electron chi connectivity index (χ2n) is 4.85. The summed E-state index contributed by atoms with van der Waals surface area (Å²) in [4.78, 5) is 22.3. The van der Waals surface area contributed by atoms with E-state index in [0.717, 1.165) is 16.9 Å². The molecule has 0 aliphatic heterocycles. The molecule has 20 heavy (non-hydrogen) atoms. The van der Waals surface area contributed by atoms with Crippen molar-refractivity contribution in [1.82, 2.24) is 10.6 Å². The largest absolute Gasteiger partial charge is 0.483 e. The molecular formula is C15H22N2O3. The highest BCUT2D eigenvalue weighted by Crippen LogP contribution is 2.24. The zero-order valence-corrected chi connectivity index (χ0v) is 12.5. The van der Waals surface area contributed by atoms with Gasteiger partial charge in [0.05, 0.1) is 0 Å². The Morgan fingerprint density at radius 2 is 1.60 bits per heavy atom. The Bertz CT molecular complexity index is 475. The summed E-state index contributed by atoms with van der Waals surface area (Å²) < 4.78 is 5.56. The number of hydrogen-bond acceptors (Lipinski definition) is 3. The maximum atomic E-state index is 11.6. The first-order valence-corrected chi connectivity index (χ1v) is 6.62. The standard InChI is InChI=1S/C15H22N2O3/c1-10-7-11(2)15(12(3)8-10)20-9-14(19)17-6-5-16-13(4)18/h7-8H,5-6,9H2,1-4H3,(H,16,18)(H,17,19). The van der Waals surface area contributed by atoms with Gasteiger partial charge < -0.3 is 15.4 Å². The minimum Gasteiger partial charge on any atom is -0.483 e. The molecule has 0 heterocycles. The Labute approximate surface area is 119 Å². The van der Waals surface area contributed by atoms with Crippen LogP contribution in [-0.2, 0) is 9.59 Å². The van der Waals surface area contributed by atoms with E-state index in [9.17, 15) is 9.59 Å². The summed E-state index contributed by atoms with van der Waals surface area (Å²) in [7, 11) is 0. The van der Waals surface area contributed by atoms with Gasteiger partial charge in [0, 0.05) is 20.0 Å². The number of hydrogen-bond donors (Lipinski definition) is 2. The fourth-order valence-electron chi connectivity index (χ4n) is 2.02. The van der Waals surface area contributed by atoms with Crippen molar-refractivity contribution in [2.24, 2.45) is 0 Å². The van der Waals surface area contributed by atoms with Crippen molar-refractivity contribution in [3.8, 4) is 5.75 Å². The van der Waals surface area contributed by atoms with Crippen LogP contribution >= 0.6 is 0 Å². The minimum atomic E-state index is -0.199. The monoisotopic (exact) mass is 278 g/mol. The van der Waals surface area contributed by atoms with Gasteiger partial charge in [0.15, 0.2) is 6.61 Å². The van der Waals surface area contributed by atoms with E-state index < -0.39 is 0 Å². The summed E-state index contributed by atoms with van der Waals surface area (Å²) in [5, 5.41) is 5.28. The molecule has 0 spiro atoms. The molecule has 1 rings (SSSR count). The molecule has 0 bridgehead atoms. The molecule has 1 aromatic rings. The normalized spacial score (nSPS) is 10.0. The molecule has 2 amide bonds. The van der Waals surface area contributed by atoms with Crippen LogP contribution in [0, 0.1) is 20.8 Å². The van der Waals surface area contributed by atoms with E-state index in [2.05, 4.69) is 10.6 Å². The molecule has 5 heteroatoms. The first-order valence-electron chi connectivity index (χ1n) is 6.62. The van der Waals surface area contributed by atoms with E-state index in [1.54, 1.807) is 0 Å². The van der Waals surface area contributed by atoms with Crippen molar-refractivity contribution in [3.05, 3.63) is 28.8 Å². The Morgan fingerprint density at radius 1 is 1.05 bits per heavy atom. The van der Waals surface area contributed by atoms with Crippen LogP contribution < -0.4 is 15.4 Å². The highest BCUT2D eigenvalue weighted by molar-refractivity contribution is 5.77. The molecule has 0 radical (unpaired) electrons. The summed E-state index contributed by atoms with van der Waals surface area (Å²) in [6.45, 7) is 8.18. The van der Waals surface area contributed by atoms with Crippen LogP contribution in [0.1, 0.15) is 23.6 Å². The average Bonchev–Trinajstić information content (AvgIpc) is 2.33. The molecule has 110 valence electrons. The van der Waals surface area contributed by atoms with Crippen molar-refractivity contribution in [1.29, 1.82) is 0 Å². The third-order valence-electron chi connectivity index (χ3n) is 2.77. The van der Waals surface area contributed by atoms with Crippen LogP contribution in [0.5, 0.6) is 5.75 Å². The average molecular weight is 278 g/mol. The van der Waals surface area contributed by atoms with E-state index in [0.29, 0.717) is 13.1 Å². The molecule has 0 saturated heterocycles. The zero-order valence-electron chi connectivity index (χ0n) is 12.5. The van der Waals surface area contributed by atoms with Gasteiger partial charge in [-0.1, -0.05) is 17.7 Å². The molecular weight excluding hydrogens is 256 g/mol. The number of carbonyl (C=O) groups excluding carboxylic acids is 2. The van der Waals surface area contributed by atoms with Gasteiger partial charge in [-0.25, -0.2) is 0 Å². The lowest BCUT2D eigenvalue weighted by Gasteiger charge is -2.13. The first-order chi connectivity index (χ1) is 9.40. The van der Waals surface area contributed by atoms with E-state index in [1.807, 2.05) is 32.9 Å². The molecule has 0 aromatic heterocycles. The number of rotatable bonds is 6. The molecule has 0 aliphatic carbocycles. The van der Waals surface area contributed by atoms with Gasteiger partial charge in [-0.3, -0.25) is 9.59 Å². The van der Waals surface area contributed by atoms with Crippen LogP contribution in [-0.4, -0.2) is 31.5 Å². The lowest BCUT2D eigenvalue weighted by Crippen LogP contribution is -2.36. The Morgan fingerprint density at radius 3 is 2.15 bits per heavy atom. The maximum Gasteiger partial charge on any atom is 0.258 e. The molecule has 0 unspecified atom stereocenters. The van der Waals surface area contributed by atoms with Crippen LogP contribution in [0.3, 0.4) is 0 Å². The van der Waals surface area contributed by atoms with Gasteiger partial charge in [-0.15, -0.1) is 0 Å². The summed E-state index contributed by atoms with van der Waals surface area (Å²) in [5.41, 5.74) is 3.22. The minimum absolute atomic E-state index is 0.0230. The second-order valence-corrected chi connectivity index (χ2v) is 4.85. The summed E-state index contributed by atoms with van der Waals surface area (Å²) in [6.07, 6.45) is 0. The highest BCUT2D eigenvalue weighted by Gasteiger charge is 2.08. The molecule has 2 N–H and O–H groups in total. The van der Waals surface area contributed by atoms with Gasteiger partial charge in [-0.05, 0) is 31.9 Å². The van der Waals surface area contributed by atoms with Crippen LogP contribution in [0.25, 0.3) is 0 Å². The highest BCUT2D eigenvalue weighted by atomic mass is 16.5. The number of nitrogens with one attached hydrogen (secondary N) is 2. The molecule has 5 nitrogen and oxygen atoms in total. The fourth-order valence-corrected chi connectivity index (χ4v) is 2.02. The molecule has 0 fully saturated rings. The lowest BCUT2D eigenvalue weighted by molar-refractivity contribution is -0.123. The number of benzene rings is 1. The Kier molecular flexibility index (Phi) is 6.03. The van der Waals surface area contributed by atoms with Gasteiger partial charge in [-0.2, -0.15) is 0 Å². The topological polar surface area (TPSA) is 67.4 Å². The zero-order chi connectivity index (χ0) is 15.1. The second kappa shape index (κ2) is 7.53. The molecule has 0 atom stereocenters. The molecule has 0 saturated carbocycles. The van der Waals surface area contributed by atoms with Crippen molar-refractivity contribution in [2.75, 3.05) is 19.7 Å². The summed E-state index contributed by atoms with van der Waals surface area (Å²) in [6, 6.07) is 4.05. The van der Waals surface area contributed by atoms with Crippen molar-refractivity contribution in [2.45, 2.75) is 27.7 Å². The quantitative estimate of drug-likeness (QED) is 0.769. The van der Waals surface area contributed by atoms with Gasteiger partial charge >= 0.3 is 0 Å². The number of amides is 2. The number of carbonyl (C=O) groups is 2. The predicted molar refractivity (Wildman–Crippen MR) is 77.8 cm³/mol. The molecule has 0 aliphatic rings. The predicted octanol–water partition coefficient (Wildman–Crippen LogP) is 1.24. The maximum absolute atomic E-state index is 11.6. The summed E-state index contributed by atoms with van der Waals surface area (Å²) in [5.74, 6) is 0.448. The first kappa shape index (κ1) is 16.0. The summed E-state index contributed by atoms with van der Waals surface area (Å²) >= 11 is 0. The number of aryl methyl sites for hydroxylation is 3. The van der Waals surface area contributed by atoms with Crippen molar-refractivity contribution >= 4 is 11.8 Å². The van der Waals surface area contributed by atoms with Crippen LogP contribution in [0.15, 0.2) is 12.1 Å². The van der Waals surface area contributed by atoms with E-state index in [-0.39, 0.29) is 18.4 Å². The van der Waals surface area contributed by atoms with Crippen molar-refractivity contribution < 1.29 is 14.3 Å².